The van der Waals surface area contributed by atoms with Crippen LogP contribution in [0.5, 0.6) is 17.2 Å². The number of nitrogens with one attached hydrogen (secondary N) is 1. The second-order valence-electron chi connectivity index (χ2n) is 6.49. The van der Waals surface area contributed by atoms with Gasteiger partial charge in [-0.25, -0.2) is 0 Å². The van der Waals surface area contributed by atoms with E-state index in [0.29, 0.717) is 28.1 Å². The molecule has 0 aliphatic carbocycles. The van der Waals surface area contributed by atoms with Crippen LogP contribution in [0.1, 0.15) is 0 Å². The number of carbonyl (C=O) groups excluding carboxylic acids is 1. The van der Waals surface area contributed by atoms with Crippen molar-refractivity contribution in [3.63, 3.8) is 0 Å². The van der Waals surface area contributed by atoms with E-state index in [2.05, 4.69) is 15.5 Å². The Morgan fingerprint density at radius 2 is 1.81 bits per heavy atom. The molecule has 1 amide bonds. The molecule has 0 bridgehead atoms. The molecule has 1 aromatic heterocycles. The van der Waals surface area contributed by atoms with Gasteiger partial charge >= 0.3 is 0 Å². The number of rotatable bonds is 8. The van der Waals surface area contributed by atoms with Gasteiger partial charge in [0.2, 0.25) is 11.8 Å². The van der Waals surface area contributed by atoms with Crippen LogP contribution in [-0.4, -0.2) is 29.0 Å². The summed E-state index contributed by atoms with van der Waals surface area (Å²) < 4.78 is 16.6. The molecule has 4 rings (SSSR count). The molecule has 32 heavy (non-hydrogen) atoms. The number of carbonyl (C=O) groups is 1. The molecule has 1 heterocycles. The molecular formula is C23H18ClN3O4S. The number of benzene rings is 3. The number of aromatic nitrogens is 2. The van der Waals surface area contributed by atoms with E-state index in [9.17, 15) is 4.79 Å². The Labute approximate surface area is 193 Å². The summed E-state index contributed by atoms with van der Waals surface area (Å²) in [6.45, 7) is 0. The fraction of sp³-hybridized carbons (Fsp3) is 0.0870. The number of thioether (sulfide) groups is 1. The van der Waals surface area contributed by atoms with Crippen molar-refractivity contribution in [2.24, 2.45) is 0 Å². The molecule has 0 aliphatic rings. The minimum Gasteiger partial charge on any atom is -0.497 e. The summed E-state index contributed by atoms with van der Waals surface area (Å²) >= 11 is 7.24. The van der Waals surface area contributed by atoms with Crippen LogP contribution in [0.15, 0.2) is 82.4 Å². The number of hydrogen-bond donors (Lipinski definition) is 1. The van der Waals surface area contributed by atoms with E-state index >= 15 is 0 Å². The summed E-state index contributed by atoms with van der Waals surface area (Å²) in [6, 6.07) is 21.6. The van der Waals surface area contributed by atoms with E-state index in [-0.39, 0.29) is 16.9 Å². The third-order valence-corrected chi connectivity index (χ3v) is 5.31. The Bertz CT molecular complexity index is 1200. The van der Waals surface area contributed by atoms with E-state index < -0.39 is 0 Å². The van der Waals surface area contributed by atoms with Gasteiger partial charge in [0, 0.05) is 10.6 Å². The monoisotopic (exact) mass is 467 g/mol. The van der Waals surface area contributed by atoms with Crippen molar-refractivity contribution in [2.75, 3.05) is 18.2 Å². The molecule has 3 aromatic carbocycles. The second kappa shape index (κ2) is 10.2. The third kappa shape index (κ3) is 5.60. The molecule has 4 aromatic rings. The van der Waals surface area contributed by atoms with Gasteiger partial charge in [-0.2, -0.15) is 0 Å². The van der Waals surface area contributed by atoms with Gasteiger partial charge in [-0.15, -0.1) is 10.2 Å². The largest absolute Gasteiger partial charge is 0.497 e. The van der Waals surface area contributed by atoms with Crippen LogP contribution in [0.3, 0.4) is 0 Å². The lowest BCUT2D eigenvalue weighted by molar-refractivity contribution is -0.113. The van der Waals surface area contributed by atoms with Crippen molar-refractivity contribution in [1.82, 2.24) is 10.2 Å². The first kappa shape index (κ1) is 21.7. The van der Waals surface area contributed by atoms with Gasteiger partial charge in [-0.1, -0.05) is 41.6 Å². The molecule has 1 N–H and O–H groups in total. The normalized spacial score (nSPS) is 10.6. The van der Waals surface area contributed by atoms with Crippen LogP contribution in [0.4, 0.5) is 5.69 Å². The first-order valence-corrected chi connectivity index (χ1v) is 10.9. The fourth-order valence-electron chi connectivity index (χ4n) is 2.74. The lowest BCUT2D eigenvalue weighted by Gasteiger charge is -2.12. The highest BCUT2D eigenvalue weighted by molar-refractivity contribution is 7.99. The average molecular weight is 468 g/mol. The highest BCUT2D eigenvalue weighted by atomic mass is 35.5. The molecule has 0 saturated carbocycles. The highest BCUT2D eigenvalue weighted by Gasteiger charge is 2.14. The summed E-state index contributed by atoms with van der Waals surface area (Å²) in [5, 5.41) is 11.6. The van der Waals surface area contributed by atoms with Gasteiger partial charge in [0.05, 0.1) is 18.6 Å². The average Bonchev–Trinajstić information content (AvgIpc) is 3.29. The van der Waals surface area contributed by atoms with Crippen molar-refractivity contribution >= 4 is 35.0 Å². The minimum absolute atomic E-state index is 0.0710. The number of methoxy groups -OCH3 is 1. The van der Waals surface area contributed by atoms with Crippen molar-refractivity contribution in [3.8, 4) is 28.7 Å². The molecule has 0 saturated heterocycles. The number of anilines is 1. The van der Waals surface area contributed by atoms with Gasteiger partial charge in [0.25, 0.3) is 5.22 Å². The van der Waals surface area contributed by atoms with Crippen molar-refractivity contribution < 1.29 is 18.7 Å². The van der Waals surface area contributed by atoms with Crippen molar-refractivity contribution in [2.45, 2.75) is 5.22 Å². The summed E-state index contributed by atoms with van der Waals surface area (Å²) in [5.41, 5.74) is 1.23. The number of para-hydroxylation sites is 1. The van der Waals surface area contributed by atoms with E-state index in [1.807, 2.05) is 42.5 Å². The maximum absolute atomic E-state index is 12.5. The van der Waals surface area contributed by atoms with E-state index in [0.717, 1.165) is 23.1 Å². The number of hydrogen-bond acceptors (Lipinski definition) is 7. The Morgan fingerprint density at radius 1 is 1.03 bits per heavy atom. The molecule has 7 nitrogen and oxygen atoms in total. The van der Waals surface area contributed by atoms with Gasteiger partial charge in [-0.3, -0.25) is 4.79 Å². The lowest BCUT2D eigenvalue weighted by Crippen LogP contribution is -2.14. The van der Waals surface area contributed by atoms with Gasteiger partial charge < -0.3 is 19.2 Å². The quantitative estimate of drug-likeness (QED) is 0.322. The number of amides is 1. The molecule has 0 radical (unpaired) electrons. The fourth-order valence-corrected chi connectivity index (χ4v) is 3.47. The molecular weight excluding hydrogens is 450 g/mol. The van der Waals surface area contributed by atoms with Crippen LogP contribution < -0.4 is 14.8 Å². The number of ether oxygens (including phenoxy) is 2. The number of nitrogens with zero attached hydrogens (tertiary/aromatic N) is 2. The van der Waals surface area contributed by atoms with E-state index in [1.165, 1.54) is 0 Å². The third-order valence-electron chi connectivity index (χ3n) is 4.26. The molecule has 9 heteroatoms. The molecule has 0 aliphatic heterocycles. The first-order chi connectivity index (χ1) is 15.6. The van der Waals surface area contributed by atoms with Crippen LogP contribution >= 0.6 is 23.4 Å². The number of halogens is 1. The molecule has 0 spiro atoms. The standard InChI is InChI=1S/C23H18ClN3O4S/c1-29-17-10-7-15(8-11-17)22-26-27-23(31-22)32-14-21(28)25-19-13-16(24)9-12-20(19)30-18-5-3-2-4-6-18/h2-13H,14H2,1H3,(H,25,28). The molecule has 0 unspecified atom stereocenters. The van der Waals surface area contributed by atoms with Crippen LogP contribution in [0.25, 0.3) is 11.5 Å². The Kier molecular flexibility index (Phi) is 6.94. The Morgan fingerprint density at radius 3 is 2.56 bits per heavy atom. The molecule has 0 fully saturated rings. The Balaban J connectivity index is 1.38. The van der Waals surface area contributed by atoms with E-state index in [1.54, 1.807) is 37.4 Å². The summed E-state index contributed by atoms with van der Waals surface area (Å²) in [5.74, 6) is 2.04. The maximum Gasteiger partial charge on any atom is 0.277 e. The minimum atomic E-state index is -0.264. The van der Waals surface area contributed by atoms with Gasteiger partial charge in [-0.05, 0) is 54.6 Å². The summed E-state index contributed by atoms with van der Waals surface area (Å²) in [7, 11) is 1.60. The zero-order chi connectivity index (χ0) is 22.3. The van der Waals surface area contributed by atoms with Crippen LogP contribution in [0.2, 0.25) is 5.02 Å². The predicted molar refractivity (Wildman–Crippen MR) is 124 cm³/mol. The van der Waals surface area contributed by atoms with Crippen molar-refractivity contribution in [1.29, 1.82) is 0 Å². The molecule has 162 valence electrons. The summed E-state index contributed by atoms with van der Waals surface area (Å²) in [4.78, 5) is 12.5. The second-order valence-corrected chi connectivity index (χ2v) is 7.86. The maximum atomic E-state index is 12.5. The zero-order valence-corrected chi connectivity index (χ0v) is 18.5. The molecule has 0 atom stereocenters. The first-order valence-electron chi connectivity index (χ1n) is 9.54. The van der Waals surface area contributed by atoms with Crippen LogP contribution in [-0.2, 0) is 4.79 Å². The smallest absolute Gasteiger partial charge is 0.277 e. The van der Waals surface area contributed by atoms with E-state index in [4.69, 9.17) is 25.5 Å². The highest BCUT2D eigenvalue weighted by Crippen LogP contribution is 2.32. The van der Waals surface area contributed by atoms with Gasteiger partial charge in [0.1, 0.15) is 11.5 Å². The Hall–Kier alpha value is -3.49. The van der Waals surface area contributed by atoms with Gasteiger partial charge in [0.15, 0.2) is 5.75 Å². The lowest BCUT2D eigenvalue weighted by atomic mass is 10.2. The SMILES string of the molecule is COc1ccc(-c2nnc(SCC(=O)Nc3cc(Cl)ccc3Oc3ccccc3)o2)cc1. The topological polar surface area (TPSA) is 86.5 Å². The zero-order valence-electron chi connectivity index (χ0n) is 16.9. The van der Waals surface area contributed by atoms with Crippen molar-refractivity contribution in [3.05, 3.63) is 77.8 Å². The predicted octanol–water partition coefficient (Wildman–Crippen LogP) is 5.92. The van der Waals surface area contributed by atoms with Crippen LogP contribution in [0, 0.1) is 0 Å². The summed E-state index contributed by atoms with van der Waals surface area (Å²) in [6.07, 6.45) is 0.